The number of amides is 2. The van der Waals surface area contributed by atoms with Gasteiger partial charge >= 0.3 is 12.2 Å². The fraction of sp³-hybridized carbons (Fsp3) is 0.286. The fourth-order valence-electron chi connectivity index (χ4n) is 3.42. The molecule has 3 aromatic rings. The molecule has 1 aromatic heterocycles. The third kappa shape index (κ3) is 4.99. The summed E-state index contributed by atoms with van der Waals surface area (Å²) in [6, 6.07) is 11.1. The first-order valence-corrected chi connectivity index (χ1v) is 10.00. The number of alkyl halides is 3. The number of carbonyl (C=O) groups excluding carboxylic acids is 1. The van der Waals surface area contributed by atoms with E-state index in [1.807, 2.05) is 0 Å². The fourth-order valence-corrected chi connectivity index (χ4v) is 3.54. The minimum Gasteiger partial charge on any atom is -0.420 e. The summed E-state index contributed by atoms with van der Waals surface area (Å²) >= 11 is 5.86. The summed E-state index contributed by atoms with van der Waals surface area (Å²) in [6.07, 6.45) is -2.88. The number of piperidine rings is 1. The Morgan fingerprint density at radius 2 is 1.81 bits per heavy atom. The highest BCUT2D eigenvalue weighted by atomic mass is 35.5. The van der Waals surface area contributed by atoms with E-state index < -0.39 is 11.7 Å². The van der Waals surface area contributed by atoms with Gasteiger partial charge in [-0.1, -0.05) is 11.6 Å². The highest BCUT2D eigenvalue weighted by molar-refractivity contribution is 6.30. The average Bonchev–Trinajstić information content (AvgIpc) is 3.25. The predicted octanol–water partition coefficient (Wildman–Crippen LogP) is 5.82. The van der Waals surface area contributed by atoms with Gasteiger partial charge in [-0.25, -0.2) is 4.79 Å². The van der Waals surface area contributed by atoms with Gasteiger partial charge in [-0.2, -0.15) is 13.2 Å². The van der Waals surface area contributed by atoms with Gasteiger partial charge in [0, 0.05) is 29.4 Å². The smallest absolute Gasteiger partial charge is 0.416 e. The van der Waals surface area contributed by atoms with Crippen molar-refractivity contribution in [3.05, 3.63) is 65.0 Å². The average molecular weight is 451 g/mol. The topological polar surface area (TPSA) is 71.3 Å². The number of likely N-dealkylation sites (tertiary alicyclic amines) is 1. The van der Waals surface area contributed by atoms with Crippen LogP contribution in [0.3, 0.4) is 0 Å². The van der Waals surface area contributed by atoms with Gasteiger partial charge in [-0.05, 0) is 61.4 Å². The number of urea groups is 1. The van der Waals surface area contributed by atoms with Gasteiger partial charge < -0.3 is 14.6 Å². The Kier molecular flexibility index (Phi) is 5.86. The van der Waals surface area contributed by atoms with E-state index in [1.165, 1.54) is 12.1 Å². The first-order valence-electron chi connectivity index (χ1n) is 9.62. The van der Waals surface area contributed by atoms with Crippen molar-refractivity contribution in [3.63, 3.8) is 0 Å². The number of halogens is 4. The molecule has 0 saturated carbocycles. The highest BCUT2D eigenvalue weighted by Gasteiger charge is 2.31. The number of aromatic nitrogens is 2. The molecule has 1 unspecified atom stereocenters. The molecule has 0 radical (unpaired) electrons. The van der Waals surface area contributed by atoms with Gasteiger partial charge in [0.2, 0.25) is 11.8 Å². The second-order valence-corrected chi connectivity index (χ2v) is 7.68. The summed E-state index contributed by atoms with van der Waals surface area (Å²) < 4.78 is 43.9. The molecule has 0 aliphatic carbocycles. The maximum absolute atomic E-state index is 12.7. The first kappa shape index (κ1) is 21.2. The maximum Gasteiger partial charge on any atom is 0.416 e. The van der Waals surface area contributed by atoms with Crippen LogP contribution >= 0.6 is 11.6 Å². The van der Waals surface area contributed by atoms with Gasteiger partial charge in [0.25, 0.3) is 0 Å². The Morgan fingerprint density at radius 3 is 2.48 bits per heavy atom. The molecule has 1 atom stereocenters. The quantitative estimate of drug-likeness (QED) is 0.545. The summed E-state index contributed by atoms with van der Waals surface area (Å²) in [4.78, 5) is 14.3. The number of anilines is 1. The first-order chi connectivity index (χ1) is 14.8. The zero-order valence-corrected chi connectivity index (χ0v) is 17.0. The zero-order valence-electron chi connectivity index (χ0n) is 16.2. The van der Waals surface area contributed by atoms with E-state index in [0.29, 0.717) is 35.3 Å². The molecule has 1 saturated heterocycles. The Morgan fingerprint density at radius 1 is 1.10 bits per heavy atom. The zero-order chi connectivity index (χ0) is 22.0. The maximum atomic E-state index is 12.7. The Bertz CT molecular complexity index is 1050. The standard InChI is InChI=1S/C21H18ClF3N4O2/c22-16-7-9-17(10-8-16)26-20(30)29-11-1-2-14(12-29)19-28-27-18(31-19)13-3-5-15(6-4-13)21(23,24)25/h3-10,14H,1-2,11-12H2,(H,26,30). The minimum absolute atomic E-state index is 0.145. The lowest BCUT2D eigenvalue weighted by Gasteiger charge is -2.31. The van der Waals surface area contributed by atoms with Gasteiger partial charge in [0.15, 0.2) is 0 Å². The molecule has 1 aliphatic rings. The summed E-state index contributed by atoms with van der Waals surface area (Å²) in [7, 11) is 0. The number of nitrogens with zero attached hydrogens (tertiary/aromatic N) is 3. The SMILES string of the molecule is O=C(Nc1ccc(Cl)cc1)N1CCCC(c2nnc(-c3ccc(C(F)(F)F)cc3)o2)C1. The second-order valence-electron chi connectivity index (χ2n) is 7.24. The number of benzene rings is 2. The van der Waals surface area contributed by atoms with Crippen LogP contribution in [0, 0.1) is 0 Å². The van der Waals surface area contributed by atoms with E-state index in [2.05, 4.69) is 15.5 Å². The van der Waals surface area contributed by atoms with Crippen molar-refractivity contribution in [3.8, 4) is 11.5 Å². The van der Waals surface area contributed by atoms with Crippen LogP contribution in [-0.2, 0) is 6.18 Å². The lowest BCUT2D eigenvalue weighted by atomic mass is 9.98. The number of rotatable bonds is 3. The molecule has 6 nitrogen and oxygen atoms in total. The van der Waals surface area contributed by atoms with Crippen LogP contribution in [0.1, 0.15) is 30.2 Å². The van der Waals surface area contributed by atoms with Crippen LogP contribution in [0.2, 0.25) is 5.02 Å². The lowest BCUT2D eigenvalue weighted by Crippen LogP contribution is -2.41. The molecule has 2 heterocycles. The summed E-state index contributed by atoms with van der Waals surface area (Å²) in [6.45, 7) is 0.990. The van der Waals surface area contributed by atoms with E-state index in [-0.39, 0.29) is 17.8 Å². The largest absolute Gasteiger partial charge is 0.420 e. The number of nitrogens with one attached hydrogen (secondary N) is 1. The van der Waals surface area contributed by atoms with Crippen LogP contribution in [0.15, 0.2) is 52.9 Å². The lowest BCUT2D eigenvalue weighted by molar-refractivity contribution is -0.137. The second kappa shape index (κ2) is 8.58. The van der Waals surface area contributed by atoms with E-state index in [1.54, 1.807) is 29.2 Å². The molecule has 10 heteroatoms. The molecule has 4 rings (SSSR count). The van der Waals surface area contributed by atoms with Crippen LogP contribution in [-0.4, -0.2) is 34.2 Å². The Balaban J connectivity index is 1.42. The summed E-state index contributed by atoms with van der Waals surface area (Å²) in [5.41, 5.74) is 0.296. The van der Waals surface area contributed by atoms with Gasteiger partial charge in [-0.3, -0.25) is 0 Å². The minimum atomic E-state index is -4.41. The molecular formula is C21H18ClF3N4O2. The molecule has 1 N–H and O–H groups in total. The van der Waals surface area contributed by atoms with Crippen LogP contribution < -0.4 is 5.32 Å². The summed E-state index contributed by atoms with van der Waals surface area (Å²) in [5, 5.41) is 11.4. The van der Waals surface area contributed by atoms with Gasteiger partial charge in [0.1, 0.15) is 0 Å². The number of hydrogen-bond donors (Lipinski definition) is 1. The third-order valence-electron chi connectivity index (χ3n) is 5.05. The van der Waals surface area contributed by atoms with Crippen molar-refractivity contribution in [2.24, 2.45) is 0 Å². The number of carbonyl (C=O) groups is 1. The van der Waals surface area contributed by atoms with Crippen LogP contribution in [0.5, 0.6) is 0 Å². The van der Waals surface area contributed by atoms with E-state index in [9.17, 15) is 18.0 Å². The monoisotopic (exact) mass is 450 g/mol. The van der Waals surface area contributed by atoms with Crippen molar-refractivity contribution < 1.29 is 22.4 Å². The van der Waals surface area contributed by atoms with Crippen molar-refractivity contribution >= 4 is 23.3 Å². The molecule has 31 heavy (non-hydrogen) atoms. The molecular weight excluding hydrogens is 433 g/mol. The highest BCUT2D eigenvalue weighted by Crippen LogP contribution is 2.32. The number of hydrogen-bond acceptors (Lipinski definition) is 4. The van der Waals surface area contributed by atoms with E-state index in [4.69, 9.17) is 16.0 Å². The summed E-state index contributed by atoms with van der Waals surface area (Å²) in [5.74, 6) is 0.353. The van der Waals surface area contributed by atoms with Crippen molar-refractivity contribution in [1.82, 2.24) is 15.1 Å². The van der Waals surface area contributed by atoms with Crippen molar-refractivity contribution in [2.45, 2.75) is 24.9 Å². The molecule has 0 spiro atoms. The molecule has 1 aliphatic heterocycles. The molecule has 162 valence electrons. The third-order valence-corrected chi connectivity index (χ3v) is 5.31. The molecule has 0 bridgehead atoms. The van der Waals surface area contributed by atoms with E-state index in [0.717, 1.165) is 25.0 Å². The Labute approximate surface area is 181 Å². The molecule has 2 amide bonds. The van der Waals surface area contributed by atoms with Gasteiger partial charge in [-0.15, -0.1) is 10.2 Å². The molecule has 2 aromatic carbocycles. The predicted molar refractivity (Wildman–Crippen MR) is 109 cm³/mol. The van der Waals surface area contributed by atoms with Crippen LogP contribution in [0.25, 0.3) is 11.5 Å². The van der Waals surface area contributed by atoms with Crippen LogP contribution in [0.4, 0.5) is 23.7 Å². The normalized spacial score (nSPS) is 16.9. The van der Waals surface area contributed by atoms with Crippen molar-refractivity contribution in [2.75, 3.05) is 18.4 Å². The van der Waals surface area contributed by atoms with E-state index >= 15 is 0 Å². The molecule has 1 fully saturated rings. The Hall–Kier alpha value is -3.07. The van der Waals surface area contributed by atoms with Crippen molar-refractivity contribution in [1.29, 1.82) is 0 Å². The van der Waals surface area contributed by atoms with Gasteiger partial charge in [0.05, 0.1) is 11.5 Å².